The van der Waals surface area contributed by atoms with E-state index in [9.17, 15) is 21.9 Å². The first-order valence-electron chi connectivity index (χ1n) is 10.1. The zero-order chi connectivity index (χ0) is 22.3. The Labute approximate surface area is 183 Å². The summed E-state index contributed by atoms with van der Waals surface area (Å²) in [5.41, 5.74) is 0.706. The third-order valence-corrected chi connectivity index (χ3v) is 8.01. The lowest BCUT2D eigenvalue weighted by molar-refractivity contribution is -0.0869. The van der Waals surface area contributed by atoms with Gasteiger partial charge in [0.05, 0.1) is 35.5 Å². The van der Waals surface area contributed by atoms with Crippen LogP contribution in [0.4, 0.5) is 0 Å². The standard InChI is InChI=1S/C21H28N2O6S2/c24-15-21-20(23-31(27,28)19-9-5-2-6-10-19)12-11-18(29-21)13-14-22-30(25,26)16-17-7-3-1-4-8-17/h1-10,18,20-24H,11-16H2/t18-,20+,21+/m0/s1. The summed E-state index contributed by atoms with van der Waals surface area (Å²) in [7, 11) is -7.19. The van der Waals surface area contributed by atoms with Crippen LogP contribution in [0.15, 0.2) is 65.6 Å². The number of aliphatic hydroxyl groups is 1. The minimum Gasteiger partial charge on any atom is -0.394 e. The van der Waals surface area contributed by atoms with Crippen molar-refractivity contribution < 1.29 is 26.7 Å². The molecule has 0 aliphatic carbocycles. The maximum Gasteiger partial charge on any atom is 0.240 e. The molecule has 0 saturated carbocycles. The van der Waals surface area contributed by atoms with Gasteiger partial charge in [-0.2, -0.15) is 0 Å². The largest absolute Gasteiger partial charge is 0.394 e. The Kier molecular flexibility index (Phi) is 8.20. The minimum atomic E-state index is -3.72. The highest BCUT2D eigenvalue weighted by Crippen LogP contribution is 2.23. The van der Waals surface area contributed by atoms with E-state index in [-0.39, 0.29) is 29.9 Å². The summed E-state index contributed by atoms with van der Waals surface area (Å²) in [4.78, 5) is 0.154. The third kappa shape index (κ3) is 7.09. The number of ether oxygens (including phenoxy) is 1. The van der Waals surface area contributed by atoms with E-state index in [1.165, 1.54) is 12.1 Å². The van der Waals surface area contributed by atoms with Gasteiger partial charge in [0.1, 0.15) is 0 Å². The summed E-state index contributed by atoms with van der Waals surface area (Å²) >= 11 is 0. The first-order chi connectivity index (χ1) is 14.8. The number of hydrogen-bond donors (Lipinski definition) is 3. The second-order valence-corrected chi connectivity index (χ2v) is 11.0. The maximum absolute atomic E-state index is 12.6. The molecule has 1 aliphatic rings. The summed E-state index contributed by atoms with van der Waals surface area (Å²) in [6.45, 7) is -0.128. The lowest BCUT2D eigenvalue weighted by atomic mass is 9.98. The van der Waals surface area contributed by atoms with Crippen LogP contribution in [0.3, 0.4) is 0 Å². The van der Waals surface area contributed by atoms with Gasteiger partial charge in [-0.15, -0.1) is 0 Å². The second kappa shape index (κ2) is 10.7. The second-order valence-electron chi connectivity index (χ2n) is 7.52. The van der Waals surface area contributed by atoms with Gasteiger partial charge >= 0.3 is 0 Å². The summed E-state index contributed by atoms with van der Waals surface area (Å²) in [6.07, 6.45) is 0.507. The molecule has 0 bridgehead atoms. The van der Waals surface area contributed by atoms with E-state index in [1.807, 2.05) is 6.07 Å². The van der Waals surface area contributed by atoms with Crippen LogP contribution in [0.1, 0.15) is 24.8 Å². The molecule has 1 saturated heterocycles. The topological polar surface area (TPSA) is 122 Å². The Morgan fingerprint density at radius 2 is 1.58 bits per heavy atom. The van der Waals surface area contributed by atoms with E-state index in [1.54, 1.807) is 42.5 Å². The molecular weight excluding hydrogens is 440 g/mol. The minimum absolute atomic E-state index is 0.0953. The number of rotatable bonds is 10. The monoisotopic (exact) mass is 468 g/mol. The van der Waals surface area contributed by atoms with Crippen LogP contribution >= 0.6 is 0 Å². The Morgan fingerprint density at radius 1 is 0.935 bits per heavy atom. The number of benzene rings is 2. The molecule has 8 nitrogen and oxygen atoms in total. The zero-order valence-corrected chi connectivity index (χ0v) is 18.7. The number of sulfonamides is 2. The molecule has 1 heterocycles. The van der Waals surface area contributed by atoms with Crippen molar-refractivity contribution in [3.05, 3.63) is 66.2 Å². The Balaban J connectivity index is 1.49. The smallest absolute Gasteiger partial charge is 0.240 e. The molecule has 0 unspecified atom stereocenters. The third-order valence-electron chi connectivity index (χ3n) is 5.14. The van der Waals surface area contributed by atoms with Crippen molar-refractivity contribution in [2.45, 2.75) is 48.2 Å². The lowest BCUT2D eigenvalue weighted by Crippen LogP contribution is -2.51. The average Bonchev–Trinajstić information content (AvgIpc) is 2.75. The molecule has 1 aliphatic heterocycles. The SMILES string of the molecule is O=S(=O)(Cc1ccccc1)NCC[C@@H]1CC[C@@H](NS(=O)(=O)c2ccccc2)[C@@H](CO)O1. The number of hydrogen-bond acceptors (Lipinski definition) is 6. The molecule has 1 fully saturated rings. The van der Waals surface area contributed by atoms with Gasteiger partial charge in [0.25, 0.3) is 0 Å². The average molecular weight is 469 g/mol. The predicted molar refractivity (Wildman–Crippen MR) is 117 cm³/mol. The molecule has 2 aromatic carbocycles. The van der Waals surface area contributed by atoms with Crippen molar-refractivity contribution in [2.75, 3.05) is 13.2 Å². The Bertz CT molecular complexity index is 1030. The fourth-order valence-corrected chi connectivity index (χ4v) is 6.05. The van der Waals surface area contributed by atoms with E-state index >= 15 is 0 Å². The van der Waals surface area contributed by atoms with Crippen LogP contribution in [0.5, 0.6) is 0 Å². The van der Waals surface area contributed by atoms with Crippen LogP contribution in [0.2, 0.25) is 0 Å². The fourth-order valence-electron chi connectivity index (χ4n) is 3.57. The molecule has 3 atom stereocenters. The molecule has 3 rings (SSSR count). The van der Waals surface area contributed by atoms with Gasteiger partial charge < -0.3 is 9.84 Å². The Hall–Kier alpha value is -1.82. The van der Waals surface area contributed by atoms with Crippen LogP contribution < -0.4 is 9.44 Å². The van der Waals surface area contributed by atoms with Gasteiger partial charge in [-0.1, -0.05) is 48.5 Å². The number of aliphatic hydroxyl groups excluding tert-OH is 1. The summed E-state index contributed by atoms with van der Waals surface area (Å²) < 4.78 is 60.6. The van der Waals surface area contributed by atoms with Crippen molar-refractivity contribution in [1.29, 1.82) is 0 Å². The lowest BCUT2D eigenvalue weighted by Gasteiger charge is -2.36. The summed E-state index contributed by atoms with van der Waals surface area (Å²) in [6, 6.07) is 16.4. The van der Waals surface area contributed by atoms with Gasteiger partial charge in [-0.05, 0) is 37.0 Å². The van der Waals surface area contributed by atoms with E-state index in [0.29, 0.717) is 24.8 Å². The quantitative estimate of drug-likeness (QED) is 0.484. The van der Waals surface area contributed by atoms with E-state index < -0.39 is 32.2 Å². The Morgan fingerprint density at radius 3 is 2.23 bits per heavy atom. The van der Waals surface area contributed by atoms with Gasteiger partial charge in [-0.3, -0.25) is 0 Å². The summed E-state index contributed by atoms with van der Waals surface area (Å²) in [5.74, 6) is -0.0953. The molecule has 0 radical (unpaired) electrons. The molecule has 10 heteroatoms. The molecule has 3 N–H and O–H groups in total. The van der Waals surface area contributed by atoms with Crippen molar-refractivity contribution in [3.8, 4) is 0 Å². The van der Waals surface area contributed by atoms with Gasteiger partial charge in [0.15, 0.2) is 0 Å². The summed E-state index contributed by atoms with van der Waals surface area (Å²) in [5, 5.41) is 9.69. The van der Waals surface area contributed by atoms with Crippen LogP contribution in [-0.4, -0.2) is 53.3 Å². The first kappa shape index (κ1) is 23.8. The van der Waals surface area contributed by atoms with Crippen molar-refractivity contribution >= 4 is 20.0 Å². The molecule has 0 spiro atoms. The normalized spacial score (nSPS) is 22.3. The van der Waals surface area contributed by atoms with Gasteiger partial charge in [0.2, 0.25) is 20.0 Å². The van der Waals surface area contributed by atoms with Crippen LogP contribution in [-0.2, 0) is 30.5 Å². The molecular formula is C21H28N2O6S2. The van der Waals surface area contributed by atoms with Crippen LogP contribution in [0, 0.1) is 0 Å². The van der Waals surface area contributed by atoms with E-state index in [4.69, 9.17) is 4.74 Å². The van der Waals surface area contributed by atoms with Crippen molar-refractivity contribution in [1.82, 2.24) is 9.44 Å². The highest BCUT2D eigenvalue weighted by atomic mass is 32.2. The first-order valence-corrected chi connectivity index (χ1v) is 13.3. The molecule has 0 amide bonds. The van der Waals surface area contributed by atoms with Crippen LogP contribution in [0.25, 0.3) is 0 Å². The zero-order valence-electron chi connectivity index (χ0n) is 17.1. The van der Waals surface area contributed by atoms with Gasteiger partial charge in [0, 0.05) is 6.54 Å². The molecule has 0 aromatic heterocycles. The molecule has 31 heavy (non-hydrogen) atoms. The molecule has 2 aromatic rings. The highest BCUT2D eigenvalue weighted by Gasteiger charge is 2.33. The predicted octanol–water partition coefficient (Wildman–Crippen LogP) is 1.38. The van der Waals surface area contributed by atoms with E-state index in [0.717, 1.165) is 0 Å². The van der Waals surface area contributed by atoms with Crippen molar-refractivity contribution in [2.24, 2.45) is 0 Å². The van der Waals surface area contributed by atoms with Gasteiger partial charge in [-0.25, -0.2) is 26.3 Å². The number of nitrogens with one attached hydrogen (secondary N) is 2. The maximum atomic E-state index is 12.6. The fraction of sp³-hybridized carbons (Fsp3) is 0.429. The highest BCUT2D eigenvalue weighted by molar-refractivity contribution is 7.89. The molecule has 170 valence electrons. The van der Waals surface area contributed by atoms with E-state index in [2.05, 4.69) is 9.44 Å². The van der Waals surface area contributed by atoms with Crippen molar-refractivity contribution in [3.63, 3.8) is 0 Å².